The number of anilines is 2. The predicted molar refractivity (Wildman–Crippen MR) is 102 cm³/mol. The molecule has 0 saturated carbocycles. The number of alkyl halides is 3. The number of hydrogen-bond donors (Lipinski definition) is 1. The molecule has 1 aromatic carbocycles. The molecule has 0 unspecified atom stereocenters. The Kier molecular flexibility index (Phi) is 5.60. The van der Waals surface area contributed by atoms with E-state index in [1.807, 2.05) is 0 Å². The van der Waals surface area contributed by atoms with Crippen molar-refractivity contribution in [3.05, 3.63) is 58.8 Å². The zero-order valence-corrected chi connectivity index (χ0v) is 17.1. The summed E-state index contributed by atoms with van der Waals surface area (Å²) < 4.78 is 44.7. The number of benzene rings is 1. The van der Waals surface area contributed by atoms with Crippen LogP contribution in [0.15, 0.2) is 52.1 Å². The van der Waals surface area contributed by atoms with Gasteiger partial charge in [0.15, 0.2) is 0 Å². The summed E-state index contributed by atoms with van der Waals surface area (Å²) in [6, 6.07) is 5.72. The highest BCUT2D eigenvalue weighted by Crippen LogP contribution is 2.34. The average Bonchev–Trinajstić information content (AvgIpc) is 3.17. The maximum absolute atomic E-state index is 13.2. The number of furan rings is 1. The molecule has 9 heteroatoms. The van der Waals surface area contributed by atoms with E-state index >= 15 is 0 Å². The summed E-state index contributed by atoms with van der Waals surface area (Å²) in [5.41, 5.74) is -0.206. The number of nitrogens with zero attached hydrogens (tertiary/aromatic N) is 2. The van der Waals surface area contributed by atoms with E-state index in [-0.39, 0.29) is 5.69 Å². The number of amides is 2. The first-order chi connectivity index (χ1) is 13.3. The second-order valence-corrected chi connectivity index (χ2v) is 7.76. The van der Waals surface area contributed by atoms with Crippen LogP contribution in [0.25, 0.3) is 0 Å². The number of allylic oxidation sites excluding steroid dienone is 2. The van der Waals surface area contributed by atoms with Crippen molar-refractivity contribution in [3.8, 4) is 6.07 Å². The van der Waals surface area contributed by atoms with Crippen molar-refractivity contribution in [1.29, 1.82) is 5.26 Å². The Bertz CT molecular complexity index is 946. The normalized spacial score (nSPS) is 14.6. The van der Waals surface area contributed by atoms with E-state index in [1.54, 1.807) is 6.07 Å². The quantitative estimate of drug-likeness (QED) is 0.772. The molecule has 0 radical (unpaired) electrons. The third-order valence-corrected chi connectivity index (χ3v) is 5.72. The van der Waals surface area contributed by atoms with Crippen LogP contribution in [0, 0.1) is 11.3 Å². The number of hydrogen-bond acceptors (Lipinski definition) is 3. The molecule has 2 amide bonds. The van der Waals surface area contributed by atoms with Crippen LogP contribution in [0.5, 0.6) is 0 Å². The molecule has 146 valence electrons. The topological polar surface area (TPSA) is 69.3 Å². The first-order valence-corrected chi connectivity index (χ1v) is 9.74. The minimum Gasteiger partial charge on any atom is -0.470 e. The smallest absolute Gasteiger partial charge is 0.417 e. The van der Waals surface area contributed by atoms with E-state index in [0.717, 1.165) is 53.8 Å². The molecule has 28 heavy (non-hydrogen) atoms. The Balaban J connectivity index is 1.94. The summed E-state index contributed by atoms with van der Waals surface area (Å²) in [6.45, 7) is 0. The summed E-state index contributed by atoms with van der Waals surface area (Å²) >= 11 is 0. The molecule has 5 nitrogen and oxygen atoms in total. The number of rotatable bonds is 3. The molecule has 1 aliphatic rings. The highest BCUT2D eigenvalue weighted by Gasteiger charge is 2.34. The maximum Gasteiger partial charge on any atom is 0.417 e. The SMILES string of the molecule is N#Cc1ccc(NC(=O)N(C2=C([SiH3])CCCC2)c2ccoc2)cc1C(F)(F)F. The summed E-state index contributed by atoms with van der Waals surface area (Å²) in [5.74, 6) is 0. The maximum atomic E-state index is 13.2. The van der Waals surface area contributed by atoms with Gasteiger partial charge in [0.1, 0.15) is 6.26 Å². The first-order valence-electron chi connectivity index (χ1n) is 8.74. The number of nitriles is 1. The van der Waals surface area contributed by atoms with Gasteiger partial charge in [0, 0.05) is 27.7 Å². The Labute approximate surface area is 162 Å². The lowest BCUT2D eigenvalue weighted by atomic mass is 10.0. The lowest BCUT2D eigenvalue weighted by Gasteiger charge is -2.29. The van der Waals surface area contributed by atoms with Crippen LogP contribution in [-0.2, 0) is 6.18 Å². The number of carbonyl (C=O) groups is 1. The van der Waals surface area contributed by atoms with E-state index in [9.17, 15) is 18.0 Å². The molecule has 2 aromatic rings. The number of carbonyl (C=O) groups excluding carboxylic acids is 1. The van der Waals surface area contributed by atoms with Crippen LogP contribution in [0.3, 0.4) is 0 Å². The molecule has 0 atom stereocenters. The molecule has 0 bridgehead atoms. The van der Waals surface area contributed by atoms with Crippen molar-refractivity contribution in [1.82, 2.24) is 0 Å². The first kappa shape index (κ1) is 19.8. The molecule has 1 aromatic heterocycles. The minimum atomic E-state index is -4.69. The van der Waals surface area contributed by atoms with Gasteiger partial charge in [0.25, 0.3) is 0 Å². The molecule has 3 rings (SSSR count). The van der Waals surface area contributed by atoms with Gasteiger partial charge in [-0.1, -0.05) is 5.20 Å². The van der Waals surface area contributed by atoms with Gasteiger partial charge in [-0.15, -0.1) is 0 Å². The van der Waals surface area contributed by atoms with E-state index in [0.29, 0.717) is 5.69 Å². The summed E-state index contributed by atoms with van der Waals surface area (Å²) in [4.78, 5) is 14.4. The fourth-order valence-corrected chi connectivity index (χ4v) is 4.08. The predicted octanol–water partition coefficient (Wildman–Crippen LogP) is 4.36. The molecule has 0 spiro atoms. The van der Waals surface area contributed by atoms with E-state index in [4.69, 9.17) is 9.68 Å². The summed E-state index contributed by atoms with van der Waals surface area (Å²) in [5, 5.41) is 12.6. The van der Waals surface area contributed by atoms with Gasteiger partial charge in [-0.2, -0.15) is 18.4 Å². The van der Waals surface area contributed by atoms with Crippen molar-refractivity contribution < 1.29 is 22.4 Å². The highest BCUT2D eigenvalue weighted by atomic mass is 28.1. The molecule has 1 N–H and O–H groups in total. The second kappa shape index (κ2) is 7.94. The highest BCUT2D eigenvalue weighted by molar-refractivity contribution is 6.23. The third-order valence-electron chi connectivity index (χ3n) is 4.64. The number of halogens is 3. The Morgan fingerprint density at radius 3 is 2.61 bits per heavy atom. The molecule has 0 aliphatic heterocycles. The monoisotopic (exact) mass is 405 g/mol. The molecular formula is C19H18F3N3O2Si. The molecular weight excluding hydrogens is 387 g/mol. The second-order valence-electron chi connectivity index (χ2n) is 6.55. The zero-order valence-electron chi connectivity index (χ0n) is 15.1. The van der Waals surface area contributed by atoms with Gasteiger partial charge < -0.3 is 9.73 Å². The van der Waals surface area contributed by atoms with Crippen LogP contribution in [-0.4, -0.2) is 16.3 Å². The lowest BCUT2D eigenvalue weighted by molar-refractivity contribution is -0.137. The largest absolute Gasteiger partial charge is 0.470 e. The molecule has 1 aliphatic carbocycles. The van der Waals surface area contributed by atoms with E-state index in [2.05, 4.69) is 5.32 Å². The van der Waals surface area contributed by atoms with Crippen molar-refractivity contribution >= 4 is 27.6 Å². The van der Waals surface area contributed by atoms with Gasteiger partial charge in [-0.3, -0.25) is 4.90 Å². The van der Waals surface area contributed by atoms with Crippen LogP contribution in [0.4, 0.5) is 29.3 Å². The third kappa shape index (κ3) is 4.12. The molecule has 0 fully saturated rings. The van der Waals surface area contributed by atoms with Crippen molar-refractivity contribution in [3.63, 3.8) is 0 Å². The van der Waals surface area contributed by atoms with Crippen molar-refractivity contribution in [2.45, 2.75) is 31.9 Å². The van der Waals surface area contributed by atoms with Gasteiger partial charge >= 0.3 is 12.2 Å². The number of urea groups is 1. The van der Waals surface area contributed by atoms with Gasteiger partial charge in [-0.25, -0.2) is 4.79 Å². The Morgan fingerprint density at radius 1 is 1.25 bits per heavy atom. The fraction of sp³-hybridized carbons (Fsp3) is 0.263. The minimum absolute atomic E-state index is 0.0314. The Hall–Kier alpha value is -2.99. The van der Waals surface area contributed by atoms with Crippen LogP contribution in [0.2, 0.25) is 0 Å². The van der Waals surface area contributed by atoms with Crippen LogP contribution >= 0.6 is 0 Å². The lowest BCUT2D eigenvalue weighted by Crippen LogP contribution is -2.35. The van der Waals surface area contributed by atoms with E-state index < -0.39 is 23.3 Å². The molecule has 1 heterocycles. The van der Waals surface area contributed by atoms with Crippen molar-refractivity contribution in [2.24, 2.45) is 0 Å². The van der Waals surface area contributed by atoms with Gasteiger partial charge in [0.2, 0.25) is 0 Å². The zero-order chi connectivity index (χ0) is 20.3. The van der Waals surface area contributed by atoms with Gasteiger partial charge in [0.05, 0.1) is 29.1 Å². The number of nitrogens with one attached hydrogen (secondary N) is 1. The average molecular weight is 405 g/mol. The fourth-order valence-electron chi connectivity index (χ4n) is 3.26. The Morgan fingerprint density at radius 2 is 2.00 bits per heavy atom. The summed E-state index contributed by atoms with van der Waals surface area (Å²) in [6.07, 6.45) is 1.82. The van der Waals surface area contributed by atoms with Crippen molar-refractivity contribution in [2.75, 3.05) is 10.2 Å². The van der Waals surface area contributed by atoms with E-state index in [1.165, 1.54) is 34.8 Å². The molecule has 0 saturated heterocycles. The standard InChI is InChI=1S/C19H18F3N3O2Si/c20-19(21,22)15-9-13(6-5-12(15)10-23)24-18(26)25(14-7-8-27-11-14)16-3-1-2-4-17(16)28/h5-9,11H,1-4H2,28H3,(H,24,26). The summed E-state index contributed by atoms with van der Waals surface area (Å²) in [7, 11) is 0.794. The van der Waals surface area contributed by atoms with Crippen LogP contribution in [0.1, 0.15) is 36.8 Å². The van der Waals surface area contributed by atoms with Gasteiger partial charge in [-0.05, 0) is 43.9 Å². The van der Waals surface area contributed by atoms with Crippen LogP contribution < -0.4 is 10.2 Å².